The van der Waals surface area contributed by atoms with Crippen LogP contribution in [0.5, 0.6) is 5.75 Å². The minimum Gasteiger partial charge on any atom is -0.493 e. The molecule has 92 valence electrons. The fraction of sp³-hybridized carbons (Fsp3) is 0.154. The number of nitrogens with one attached hydrogen (secondary N) is 1. The molecular weight excluding hydrogens is 230 g/mol. The molecule has 2 aromatic heterocycles. The van der Waals surface area contributed by atoms with Gasteiger partial charge in [0, 0.05) is 10.9 Å². The molecule has 3 rings (SSSR count). The zero-order chi connectivity index (χ0) is 12.7. The van der Waals surface area contributed by atoms with Crippen molar-refractivity contribution in [3.05, 3.63) is 30.2 Å². The van der Waals surface area contributed by atoms with Crippen LogP contribution in [-0.4, -0.2) is 17.3 Å². The Morgan fingerprint density at radius 1 is 1.33 bits per heavy atom. The maximum absolute atomic E-state index is 5.83. The summed E-state index contributed by atoms with van der Waals surface area (Å²) in [4.78, 5) is 0. The van der Waals surface area contributed by atoms with Crippen molar-refractivity contribution >= 4 is 16.8 Å². The molecule has 0 amide bonds. The Morgan fingerprint density at radius 3 is 2.83 bits per heavy atom. The van der Waals surface area contributed by atoms with Crippen LogP contribution < -0.4 is 10.5 Å². The smallest absolute Gasteiger partial charge is 0.176 e. The first-order valence-corrected chi connectivity index (χ1v) is 5.56. The van der Waals surface area contributed by atoms with Crippen molar-refractivity contribution < 1.29 is 9.15 Å². The number of ether oxygens (including phenoxy) is 1. The SMILES string of the molecule is COc1cc(-c2cn[nH]c2N)cc2cc(C)oc12. The van der Waals surface area contributed by atoms with Crippen LogP contribution in [-0.2, 0) is 0 Å². The van der Waals surface area contributed by atoms with Gasteiger partial charge in [-0.25, -0.2) is 0 Å². The van der Waals surface area contributed by atoms with Crippen LogP contribution in [0.1, 0.15) is 5.76 Å². The van der Waals surface area contributed by atoms with Crippen LogP contribution in [0.4, 0.5) is 5.82 Å². The summed E-state index contributed by atoms with van der Waals surface area (Å²) in [5.74, 6) is 2.08. The van der Waals surface area contributed by atoms with Gasteiger partial charge in [-0.05, 0) is 30.7 Å². The second-order valence-electron chi connectivity index (χ2n) is 4.15. The van der Waals surface area contributed by atoms with E-state index in [-0.39, 0.29) is 0 Å². The van der Waals surface area contributed by atoms with Crippen LogP contribution in [0, 0.1) is 6.92 Å². The van der Waals surface area contributed by atoms with E-state index in [2.05, 4.69) is 10.2 Å². The van der Waals surface area contributed by atoms with Gasteiger partial charge in [0.15, 0.2) is 11.3 Å². The lowest BCUT2D eigenvalue weighted by Gasteiger charge is -2.04. The topological polar surface area (TPSA) is 77.1 Å². The number of fused-ring (bicyclic) bond motifs is 1. The predicted molar refractivity (Wildman–Crippen MR) is 69.5 cm³/mol. The molecule has 0 radical (unpaired) electrons. The van der Waals surface area contributed by atoms with E-state index in [1.807, 2.05) is 25.1 Å². The first kappa shape index (κ1) is 10.7. The number of H-pyrrole nitrogens is 1. The van der Waals surface area contributed by atoms with Gasteiger partial charge >= 0.3 is 0 Å². The number of nitrogen functional groups attached to an aromatic ring is 1. The molecule has 0 aliphatic heterocycles. The Kier molecular flexibility index (Phi) is 2.26. The van der Waals surface area contributed by atoms with Gasteiger partial charge in [0.25, 0.3) is 0 Å². The molecular formula is C13H13N3O2. The maximum atomic E-state index is 5.83. The number of nitrogens with two attached hydrogens (primary N) is 1. The molecule has 0 saturated carbocycles. The molecule has 3 aromatic rings. The summed E-state index contributed by atoms with van der Waals surface area (Å²) in [5, 5.41) is 7.63. The minimum absolute atomic E-state index is 0.539. The van der Waals surface area contributed by atoms with Crippen LogP contribution in [0.15, 0.2) is 28.8 Å². The number of benzene rings is 1. The molecule has 0 saturated heterocycles. The molecule has 0 unspecified atom stereocenters. The number of nitrogens with zero attached hydrogens (tertiary/aromatic N) is 1. The average molecular weight is 243 g/mol. The summed E-state index contributed by atoms with van der Waals surface area (Å²) in [6.07, 6.45) is 1.70. The van der Waals surface area contributed by atoms with Gasteiger partial charge in [-0.15, -0.1) is 0 Å². The van der Waals surface area contributed by atoms with Gasteiger partial charge in [0.2, 0.25) is 0 Å². The number of aromatic amines is 1. The zero-order valence-corrected chi connectivity index (χ0v) is 10.2. The van der Waals surface area contributed by atoms with E-state index in [0.717, 1.165) is 27.9 Å². The molecule has 18 heavy (non-hydrogen) atoms. The monoisotopic (exact) mass is 243 g/mol. The number of aromatic nitrogens is 2. The molecule has 5 heteroatoms. The lowest BCUT2D eigenvalue weighted by atomic mass is 10.1. The summed E-state index contributed by atoms with van der Waals surface area (Å²) in [6, 6.07) is 5.87. The fourth-order valence-electron chi connectivity index (χ4n) is 2.08. The van der Waals surface area contributed by atoms with Crippen molar-refractivity contribution in [2.75, 3.05) is 12.8 Å². The van der Waals surface area contributed by atoms with Crippen LogP contribution in [0.2, 0.25) is 0 Å². The molecule has 0 spiro atoms. The second kappa shape index (κ2) is 3.80. The summed E-state index contributed by atoms with van der Waals surface area (Å²) >= 11 is 0. The van der Waals surface area contributed by atoms with Gasteiger partial charge in [0.1, 0.15) is 11.6 Å². The predicted octanol–water partition coefficient (Wildman–Crippen LogP) is 2.72. The summed E-state index contributed by atoms with van der Waals surface area (Å²) in [7, 11) is 1.62. The Morgan fingerprint density at radius 2 is 2.17 bits per heavy atom. The van der Waals surface area contributed by atoms with E-state index in [4.69, 9.17) is 14.9 Å². The van der Waals surface area contributed by atoms with Crippen molar-refractivity contribution in [2.45, 2.75) is 6.92 Å². The average Bonchev–Trinajstić information content (AvgIpc) is 2.92. The molecule has 0 aliphatic rings. The van der Waals surface area contributed by atoms with Crippen LogP contribution in [0.25, 0.3) is 22.1 Å². The number of methoxy groups -OCH3 is 1. The third-order valence-corrected chi connectivity index (χ3v) is 2.91. The molecule has 0 atom stereocenters. The third-order valence-electron chi connectivity index (χ3n) is 2.91. The number of furan rings is 1. The van der Waals surface area contributed by atoms with Crippen molar-refractivity contribution in [2.24, 2.45) is 0 Å². The van der Waals surface area contributed by atoms with Gasteiger partial charge in [0.05, 0.1) is 13.3 Å². The maximum Gasteiger partial charge on any atom is 0.176 e. The van der Waals surface area contributed by atoms with Gasteiger partial charge in [-0.2, -0.15) is 5.10 Å². The highest BCUT2D eigenvalue weighted by Crippen LogP contribution is 2.35. The number of aryl methyl sites for hydroxylation is 1. The number of rotatable bonds is 2. The fourth-order valence-corrected chi connectivity index (χ4v) is 2.08. The number of hydrogen-bond donors (Lipinski definition) is 2. The van der Waals surface area contributed by atoms with E-state index >= 15 is 0 Å². The number of anilines is 1. The Balaban J connectivity index is 2.28. The summed E-state index contributed by atoms with van der Waals surface area (Å²) < 4.78 is 11.0. The third kappa shape index (κ3) is 1.52. The van der Waals surface area contributed by atoms with E-state index in [1.165, 1.54) is 0 Å². The summed E-state index contributed by atoms with van der Waals surface area (Å²) in [5.41, 5.74) is 8.39. The van der Waals surface area contributed by atoms with E-state index in [9.17, 15) is 0 Å². The van der Waals surface area contributed by atoms with Crippen LogP contribution in [0.3, 0.4) is 0 Å². The molecule has 0 fully saturated rings. The Bertz CT molecular complexity index is 712. The molecule has 0 aliphatic carbocycles. The largest absolute Gasteiger partial charge is 0.493 e. The van der Waals surface area contributed by atoms with E-state index in [0.29, 0.717) is 11.6 Å². The molecule has 5 nitrogen and oxygen atoms in total. The van der Waals surface area contributed by atoms with Crippen molar-refractivity contribution in [3.63, 3.8) is 0 Å². The lowest BCUT2D eigenvalue weighted by Crippen LogP contribution is -1.89. The van der Waals surface area contributed by atoms with Gasteiger partial charge in [-0.1, -0.05) is 0 Å². The van der Waals surface area contributed by atoms with Gasteiger partial charge < -0.3 is 14.9 Å². The normalized spacial score (nSPS) is 11.0. The van der Waals surface area contributed by atoms with Crippen LogP contribution >= 0.6 is 0 Å². The van der Waals surface area contributed by atoms with E-state index in [1.54, 1.807) is 13.3 Å². The minimum atomic E-state index is 0.539. The molecule has 2 heterocycles. The lowest BCUT2D eigenvalue weighted by molar-refractivity contribution is 0.409. The van der Waals surface area contributed by atoms with Crippen molar-refractivity contribution in [1.29, 1.82) is 0 Å². The first-order chi connectivity index (χ1) is 8.69. The zero-order valence-electron chi connectivity index (χ0n) is 10.2. The highest BCUT2D eigenvalue weighted by Gasteiger charge is 2.12. The van der Waals surface area contributed by atoms with Gasteiger partial charge in [-0.3, -0.25) is 5.10 Å². The van der Waals surface area contributed by atoms with Crippen molar-refractivity contribution in [1.82, 2.24) is 10.2 Å². The number of hydrogen-bond acceptors (Lipinski definition) is 4. The molecule has 1 aromatic carbocycles. The first-order valence-electron chi connectivity index (χ1n) is 5.56. The molecule has 3 N–H and O–H groups in total. The summed E-state index contributed by atoms with van der Waals surface area (Å²) in [6.45, 7) is 1.91. The van der Waals surface area contributed by atoms with Crippen molar-refractivity contribution in [3.8, 4) is 16.9 Å². The Labute approximate surface area is 104 Å². The highest BCUT2D eigenvalue weighted by molar-refractivity contribution is 5.90. The molecule has 0 bridgehead atoms. The van der Waals surface area contributed by atoms with E-state index < -0.39 is 0 Å². The Hall–Kier alpha value is -2.43. The highest BCUT2D eigenvalue weighted by atomic mass is 16.5. The quantitative estimate of drug-likeness (QED) is 0.725. The second-order valence-corrected chi connectivity index (χ2v) is 4.15. The standard InChI is InChI=1S/C13H13N3O2/c1-7-3-9-4-8(10-6-15-16-13(10)14)5-11(17-2)12(9)18-7/h3-6H,1-2H3,(H3,14,15,16).